The third-order valence-electron chi connectivity index (χ3n) is 3.17. The second-order valence-electron chi connectivity index (χ2n) is 5.38. The first-order valence-electron chi connectivity index (χ1n) is 6.95. The Bertz CT molecular complexity index is 592. The van der Waals surface area contributed by atoms with Gasteiger partial charge in [-0.1, -0.05) is 6.92 Å². The maximum atomic E-state index is 13.8. The second kappa shape index (κ2) is 7.85. The number of benzene rings is 1. The molecule has 1 aromatic carbocycles. The molecule has 0 saturated heterocycles. The zero-order valence-corrected chi connectivity index (χ0v) is 12.9. The number of alkyl carbamates (subject to hydrolysis) is 1. The van der Waals surface area contributed by atoms with Crippen molar-refractivity contribution in [3.05, 3.63) is 35.1 Å². The van der Waals surface area contributed by atoms with Gasteiger partial charge in [-0.2, -0.15) is 0 Å². The summed E-state index contributed by atoms with van der Waals surface area (Å²) in [6.45, 7) is 4.60. The number of rotatable bonds is 6. The van der Waals surface area contributed by atoms with E-state index in [1.54, 1.807) is 13.8 Å². The van der Waals surface area contributed by atoms with Crippen LogP contribution in [0.4, 0.5) is 18.0 Å². The summed E-state index contributed by atoms with van der Waals surface area (Å²) in [7, 11) is 0. The average Bonchev–Trinajstić information content (AvgIpc) is 2.40. The molecule has 1 aromatic rings. The Balaban J connectivity index is 3.04. The molecule has 0 radical (unpaired) electrons. The summed E-state index contributed by atoms with van der Waals surface area (Å²) in [6.07, 6.45) is -1.84. The van der Waals surface area contributed by atoms with E-state index >= 15 is 0 Å². The lowest BCUT2D eigenvalue weighted by Gasteiger charge is -2.25. The van der Waals surface area contributed by atoms with E-state index in [1.165, 1.54) is 6.92 Å². The van der Waals surface area contributed by atoms with Gasteiger partial charge in [0.15, 0.2) is 11.6 Å². The van der Waals surface area contributed by atoms with E-state index in [-0.39, 0.29) is 5.56 Å². The number of ether oxygens (including phenoxy) is 1. The molecule has 2 N–H and O–H groups in total. The Labute approximate surface area is 131 Å². The summed E-state index contributed by atoms with van der Waals surface area (Å²) in [4.78, 5) is 22.6. The fraction of sp³-hybridized carbons (Fsp3) is 0.467. The van der Waals surface area contributed by atoms with Crippen LogP contribution in [0.2, 0.25) is 0 Å². The molecule has 0 spiro atoms. The predicted molar refractivity (Wildman–Crippen MR) is 75.5 cm³/mol. The van der Waals surface area contributed by atoms with Gasteiger partial charge in [0.05, 0.1) is 12.5 Å². The van der Waals surface area contributed by atoms with E-state index in [9.17, 15) is 22.8 Å². The molecule has 8 heteroatoms. The lowest BCUT2D eigenvalue weighted by molar-refractivity contribution is -0.137. The van der Waals surface area contributed by atoms with Crippen molar-refractivity contribution in [3.63, 3.8) is 0 Å². The molecule has 0 aromatic heterocycles. The number of carboxylic acid groups (broad SMARTS) is 1. The first kappa shape index (κ1) is 18.8. The van der Waals surface area contributed by atoms with E-state index < -0.39 is 54.0 Å². The minimum Gasteiger partial charge on any atom is -0.481 e. The van der Waals surface area contributed by atoms with Crippen LogP contribution in [0.3, 0.4) is 0 Å². The number of carbonyl (C=O) groups is 2. The first-order valence-corrected chi connectivity index (χ1v) is 6.95. The summed E-state index contributed by atoms with van der Waals surface area (Å²) in [5.41, 5.74) is -0.236. The lowest BCUT2D eigenvalue weighted by Crippen LogP contribution is -2.41. The van der Waals surface area contributed by atoms with Crippen molar-refractivity contribution in [3.8, 4) is 0 Å². The Morgan fingerprint density at radius 3 is 2.22 bits per heavy atom. The van der Waals surface area contributed by atoms with E-state index in [0.717, 1.165) is 0 Å². The molecule has 0 bridgehead atoms. The van der Waals surface area contributed by atoms with Crippen LogP contribution in [0.25, 0.3) is 0 Å². The molecular weight excluding hydrogens is 315 g/mol. The predicted octanol–water partition coefficient (Wildman–Crippen LogP) is 3.19. The Morgan fingerprint density at radius 1 is 1.13 bits per heavy atom. The van der Waals surface area contributed by atoms with Crippen molar-refractivity contribution in [2.45, 2.75) is 45.3 Å². The molecule has 5 nitrogen and oxygen atoms in total. The highest BCUT2D eigenvalue weighted by atomic mass is 19.2. The Kier molecular flexibility index (Phi) is 6.41. The normalized spacial score (nSPS) is 13.5. The monoisotopic (exact) mass is 333 g/mol. The highest BCUT2D eigenvalue weighted by Gasteiger charge is 2.27. The van der Waals surface area contributed by atoms with E-state index in [4.69, 9.17) is 9.84 Å². The summed E-state index contributed by atoms with van der Waals surface area (Å²) in [5.74, 6) is -5.78. The van der Waals surface area contributed by atoms with Gasteiger partial charge in [0, 0.05) is 18.0 Å². The van der Waals surface area contributed by atoms with Gasteiger partial charge in [-0.15, -0.1) is 0 Å². The van der Waals surface area contributed by atoms with E-state index in [2.05, 4.69) is 5.32 Å². The van der Waals surface area contributed by atoms with Crippen molar-refractivity contribution in [2.24, 2.45) is 0 Å². The van der Waals surface area contributed by atoms with Crippen LogP contribution in [0.15, 0.2) is 12.1 Å². The number of carbonyl (C=O) groups excluding carboxylic acids is 1. The van der Waals surface area contributed by atoms with Crippen molar-refractivity contribution >= 4 is 12.1 Å². The number of amides is 1. The molecule has 0 aliphatic carbocycles. The molecular formula is C15H18F3NO4. The summed E-state index contributed by atoms with van der Waals surface area (Å²) >= 11 is 0. The van der Waals surface area contributed by atoms with Crippen LogP contribution in [0.5, 0.6) is 0 Å². The number of nitrogens with one attached hydrogen (secondary N) is 1. The molecule has 2 unspecified atom stereocenters. The smallest absolute Gasteiger partial charge is 0.407 e. The van der Waals surface area contributed by atoms with Gasteiger partial charge >= 0.3 is 12.1 Å². The molecule has 1 rings (SSSR count). The van der Waals surface area contributed by atoms with Gasteiger partial charge < -0.3 is 15.2 Å². The van der Waals surface area contributed by atoms with Crippen LogP contribution < -0.4 is 5.32 Å². The number of aliphatic carboxylic acids is 1. The molecule has 0 aliphatic rings. The zero-order chi connectivity index (χ0) is 17.7. The molecule has 0 fully saturated rings. The Morgan fingerprint density at radius 2 is 1.70 bits per heavy atom. The van der Waals surface area contributed by atoms with Crippen LogP contribution >= 0.6 is 0 Å². The molecule has 1 amide bonds. The van der Waals surface area contributed by atoms with Crippen LogP contribution in [0.1, 0.15) is 38.7 Å². The summed E-state index contributed by atoms with van der Waals surface area (Å²) in [5, 5.41) is 11.2. The number of hydrogen-bond acceptors (Lipinski definition) is 3. The minimum absolute atomic E-state index is 0.236. The van der Waals surface area contributed by atoms with Gasteiger partial charge in [0.25, 0.3) is 0 Å². The van der Waals surface area contributed by atoms with Crippen molar-refractivity contribution in [1.82, 2.24) is 5.32 Å². The van der Waals surface area contributed by atoms with Crippen LogP contribution in [-0.4, -0.2) is 29.3 Å². The minimum atomic E-state index is -1.35. The SMILES string of the molecule is CC(C)OC(=O)NC(CC(=O)O)C(C)c1cc(F)c(F)cc1F. The molecule has 0 saturated carbocycles. The molecule has 128 valence electrons. The quantitative estimate of drug-likeness (QED) is 0.784. The molecule has 0 aliphatic heterocycles. The third-order valence-corrected chi connectivity index (χ3v) is 3.17. The van der Waals surface area contributed by atoms with E-state index in [0.29, 0.717) is 12.1 Å². The molecule has 23 heavy (non-hydrogen) atoms. The summed E-state index contributed by atoms with van der Waals surface area (Å²) < 4.78 is 45.0. The fourth-order valence-corrected chi connectivity index (χ4v) is 2.04. The van der Waals surface area contributed by atoms with Gasteiger partial charge in [-0.3, -0.25) is 4.79 Å². The van der Waals surface area contributed by atoms with Gasteiger partial charge in [-0.25, -0.2) is 18.0 Å². The highest BCUT2D eigenvalue weighted by Crippen LogP contribution is 2.26. The first-order chi connectivity index (χ1) is 10.6. The lowest BCUT2D eigenvalue weighted by atomic mass is 9.90. The highest BCUT2D eigenvalue weighted by molar-refractivity contribution is 5.71. The standard InChI is InChI=1S/C15H18F3NO4/c1-7(2)23-15(22)19-13(6-14(20)21)8(3)9-4-11(17)12(18)5-10(9)16/h4-5,7-8,13H,6H2,1-3H3,(H,19,22)(H,20,21). The number of hydrogen-bond donors (Lipinski definition) is 2. The molecule has 0 heterocycles. The van der Waals surface area contributed by atoms with E-state index in [1.807, 2.05) is 0 Å². The zero-order valence-electron chi connectivity index (χ0n) is 12.9. The maximum absolute atomic E-state index is 13.8. The second-order valence-corrected chi connectivity index (χ2v) is 5.38. The number of halogens is 3. The molecule has 2 atom stereocenters. The van der Waals surface area contributed by atoms with Gasteiger partial charge in [0.2, 0.25) is 0 Å². The van der Waals surface area contributed by atoms with Crippen molar-refractivity contribution in [1.29, 1.82) is 0 Å². The van der Waals surface area contributed by atoms with Crippen LogP contribution in [0, 0.1) is 17.5 Å². The number of carboxylic acids is 1. The summed E-state index contributed by atoms with van der Waals surface area (Å²) in [6, 6.07) is -0.0245. The fourth-order valence-electron chi connectivity index (χ4n) is 2.04. The van der Waals surface area contributed by atoms with Crippen molar-refractivity contribution < 1.29 is 32.6 Å². The topological polar surface area (TPSA) is 75.6 Å². The largest absolute Gasteiger partial charge is 0.481 e. The van der Waals surface area contributed by atoms with Gasteiger partial charge in [0.1, 0.15) is 5.82 Å². The maximum Gasteiger partial charge on any atom is 0.407 e. The van der Waals surface area contributed by atoms with Crippen LogP contribution in [-0.2, 0) is 9.53 Å². The average molecular weight is 333 g/mol. The Hall–Kier alpha value is -2.25. The third kappa shape index (κ3) is 5.46. The van der Waals surface area contributed by atoms with Crippen molar-refractivity contribution in [2.75, 3.05) is 0 Å². The van der Waals surface area contributed by atoms with Gasteiger partial charge in [-0.05, 0) is 25.5 Å².